The Morgan fingerprint density at radius 3 is 2.04 bits per heavy atom. The van der Waals surface area contributed by atoms with Gasteiger partial charge in [-0.3, -0.25) is 0 Å². The molecule has 4 rings (SSSR count). The van der Waals surface area contributed by atoms with Crippen molar-refractivity contribution < 1.29 is 0 Å². The molecule has 2 aliphatic rings. The Bertz CT molecular complexity index is 787. The zero-order valence-corrected chi connectivity index (χ0v) is 16.8. The van der Waals surface area contributed by atoms with Crippen molar-refractivity contribution in [2.45, 2.75) is 64.2 Å². The van der Waals surface area contributed by atoms with Gasteiger partial charge in [0.15, 0.2) is 0 Å². The molecule has 0 spiro atoms. The number of hydrogen-bond acceptors (Lipinski definition) is 1. The van der Waals surface area contributed by atoms with Gasteiger partial charge in [-0.05, 0) is 96.9 Å². The summed E-state index contributed by atoms with van der Waals surface area (Å²) in [4.78, 5) is 0. The fourth-order valence-corrected chi connectivity index (χ4v) is 4.49. The number of fused-ring (bicyclic) bond motifs is 2. The summed E-state index contributed by atoms with van der Waals surface area (Å²) >= 11 is 3.52. The first-order chi connectivity index (χ1) is 12.1. The van der Waals surface area contributed by atoms with Crippen LogP contribution in [0.25, 0.3) is 0 Å². The molecule has 0 amide bonds. The average molecular weight is 396 g/mol. The number of benzene rings is 2. The van der Waals surface area contributed by atoms with Gasteiger partial charge in [0.1, 0.15) is 0 Å². The van der Waals surface area contributed by atoms with E-state index in [9.17, 15) is 0 Å². The van der Waals surface area contributed by atoms with E-state index in [0.29, 0.717) is 5.92 Å². The lowest BCUT2D eigenvalue weighted by Gasteiger charge is -2.22. The molecular formula is C23H26BrN. The van der Waals surface area contributed by atoms with Crippen LogP contribution in [0.2, 0.25) is 0 Å². The van der Waals surface area contributed by atoms with Gasteiger partial charge < -0.3 is 0 Å². The zero-order valence-electron chi connectivity index (χ0n) is 15.2. The molecular weight excluding hydrogens is 370 g/mol. The molecule has 0 fully saturated rings. The summed E-state index contributed by atoms with van der Waals surface area (Å²) in [5.74, 6) is 1.39. The quantitative estimate of drug-likeness (QED) is 0.476. The SMILES string of the molecule is C[C@@H]1CCCc2ccc(Br)cc21.C[C@@H]1CCCc2ccc(C#N)cc21. The lowest BCUT2D eigenvalue weighted by molar-refractivity contribution is 0.590. The fraction of sp³-hybridized carbons (Fsp3) is 0.435. The molecule has 2 aromatic carbocycles. The molecule has 0 N–H and O–H groups in total. The van der Waals surface area contributed by atoms with E-state index in [1.54, 1.807) is 11.1 Å². The van der Waals surface area contributed by atoms with Crippen LogP contribution in [0.4, 0.5) is 0 Å². The van der Waals surface area contributed by atoms with Crippen molar-refractivity contribution in [2.24, 2.45) is 0 Å². The molecule has 2 aromatic rings. The summed E-state index contributed by atoms with van der Waals surface area (Å²) in [6, 6.07) is 15.0. The Morgan fingerprint density at radius 2 is 1.44 bits per heavy atom. The smallest absolute Gasteiger partial charge is 0.0991 e. The first-order valence-corrected chi connectivity index (χ1v) is 10.2. The average Bonchev–Trinajstić information content (AvgIpc) is 2.63. The van der Waals surface area contributed by atoms with Crippen LogP contribution in [0.3, 0.4) is 0 Å². The normalized spacial score (nSPS) is 21.2. The van der Waals surface area contributed by atoms with Gasteiger partial charge in [-0.25, -0.2) is 0 Å². The van der Waals surface area contributed by atoms with Crippen molar-refractivity contribution in [3.63, 3.8) is 0 Å². The van der Waals surface area contributed by atoms with Gasteiger partial charge in [-0.2, -0.15) is 5.26 Å². The largest absolute Gasteiger partial charge is 0.192 e. The molecule has 0 bridgehead atoms. The van der Waals surface area contributed by atoms with Crippen molar-refractivity contribution >= 4 is 15.9 Å². The number of hydrogen-bond donors (Lipinski definition) is 0. The standard InChI is InChI=1S/C12H13N.C11H13Br/c1-9-3-2-4-11-6-5-10(8-13)7-12(9)11;1-8-3-2-4-9-5-6-10(12)7-11(8)9/h5-7,9H,2-4H2,1H3;5-8H,2-4H2,1H3/t9-;8-/m11/s1. The molecule has 0 unspecified atom stereocenters. The van der Waals surface area contributed by atoms with Crippen molar-refractivity contribution in [3.05, 3.63) is 68.7 Å². The molecule has 0 saturated carbocycles. The van der Waals surface area contributed by atoms with Crippen LogP contribution >= 0.6 is 15.9 Å². The molecule has 0 aromatic heterocycles. The molecule has 0 radical (unpaired) electrons. The molecule has 2 atom stereocenters. The molecule has 1 nitrogen and oxygen atoms in total. The molecule has 0 aliphatic heterocycles. The van der Waals surface area contributed by atoms with Crippen molar-refractivity contribution in [2.75, 3.05) is 0 Å². The maximum atomic E-state index is 8.78. The minimum absolute atomic E-state index is 0.636. The van der Waals surface area contributed by atoms with E-state index in [4.69, 9.17) is 5.26 Å². The topological polar surface area (TPSA) is 23.8 Å². The van der Waals surface area contributed by atoms with E-state index < -0.39 is 0 Å². The first kappa shape index (κ1) is 18.2. The Kier molecular flexibility index (Phi) is 5.97. The third kappa shape index (κ3) is 4.33. The Labute approximate surface area is 160 Å². The van der Waals surface area contributed by atoms with Crippen LogP contribution in [0, 0.1) is 11.3 Å². The lowest BCUT2D eigenvalue weighted by Crippen LogP contribution is -2.06. The van der Waals surface area contributed by atoms with Gasteiger partial charge in [0.25, 0.3) is 0 Å². The molecule has 2 heteroatoms. The van der Waals surface area contributed by atoms with Crippen LogP contribution < -0.4 is 0 Å². The van der Waals surface area contributed by atoms with Gasteiger partial charge in [0, 0.05) is 4.47 Å². The minimum atomic E-state index is 0.636. The third-order valence-electron chi connectivity index (χ3n) is 5.61. The Balaban J connectivity index is 0.000000146. The van der Waals surface area contributed by atoms with E-state index in [0.717, 1.165) is 11.5 Å². The summed E-state index contributed by atoms with van der Waals surface area (Å²) in [7, 11) is 0. The second-order valence-corrected chi connectivity index (χ2v) is 8.37. The van der Waals surface area contributed by atoms with Gasteiger partial charge in [-0.1, -0.05) is 41.9 Å². The second-order valence-electron chi connectivity index (χ2n) is 7.46. The number of nitriles is 1. The van der Waals surface area contributed by atoms with Crippen molar-refractivity contribution in [1.29, 1.82) is 5.26 Å². The van der Waals surface area contributed by atoms with Crippen LogP contribution in [-0.4, -0.2) is 0 Å². The monoisotopic (exact) mass is 395 g/mol. The summed E-state index contributed by atoms with van der Waals surface area (Å²) in [6.45, 7) is 4.57. The highest BCUT2D eigenvalue weighted by Crippen LogP contribution is 2.33. The van der Waals surface area contributed by atoms with E-state index >= 15 is 0 Å². The van der Waals surface area contributed by atoms with Crippen LogP contribution in [-0.2, 0) is 12.8 Å². The summed E-state index contributed by atoms with van der Waals surface area (Å²) in [5.41, 5.74) is 6.74. The van der Waals surface area contributed by atoms with Crippen molar-refractivity contribution in [3.8, 4) is 6.07 Å². The zero-order chi connectivity index (χ0) is 17.8. The van der Waals surface area contributed by atoms with Crippen LogP contribution in [0.5, 0.6) is 0 Å². The molecule has 25 heavy (non-hydrogen) atoms. The molecule has 0 heterocycles. The van der Waals surface area contributed by atoms with Gasteiger partial charge in [-0.15, -0.1) is 0 Å². The predicted octanol–water partition coefficient (Wildman–Crippen LogP) is 6.89. The molecule has 0 saturated heterocycles. The third-order valence-corrected chi connectivity index (χ3v) is 6.10. The Morgan fingerprint density at radius 1 is 0.880 bits per heavy atom. The van der Waals surface area contributed by atoms with Gasteiger partial charge >= 0.3 is 0 Å². The number of halogens is 1. The number of aryl methyl sites for hydroxylation is 2. The summed E-state index contributed by atoms with van der Waals surface area (Å²) in [6.07, 6.45) is 7.72. The van der Waals surface area contributed by atoms with Crippen LogP contribution in [0.1, 0.15) is 79.2 Å². The predicted molar refractivity (Wildman–Crippen MR) is 108 cm³/mol. The number of nitrogens with zero attached hydrogens (tertiary/aromatic N) is 1. The highest BCUT2D eigenvalue weighted by atomic mass is 79.9. The second kappa shape index (κ2) is 8.19. The summed E-state index contributed by atoms with van der Waals surface area (Å²) < 4.78 is 1.22. The first-order valence-electron chi connectivity index (χ1n) is 9.39. The lowest BCUT2D eigenvalue weighted by atomic mass is 9.83. The summed E-state index contributed by atoms with van der Waals surface area (Å²) in [5, 5.41) is 8.78. The van der Waals surface area contributed by atoms with E-state index in [1.807, 2.05) is 6.07 Å². The van der Waals surface area contributed by atoms with E-state index in [-0.39, 0.29) is 0 Å². The molecule has 130 valence electrons. The fourth-order valence-electron chi connectivity index (χ4n) is 4.11. The Hall–Kier alpha value is -1.59. The van der Waals surface area contributed by atoms with E-state index in [1.165, 1.54) is 54.1 Å². The minimum Gasteiger partial charge on any atom is -0.192 e. The van der Waals surface area contributed by atoms with Gasteiger partial charge in [0.2, 0.25) is 0 Å². The maximum absolute atomic E-state index is 8.78. The highest BCUT2D eigenvalue weighted by molar-refractivity contribution is 9.10. The van der Waals surface area contributed by atoms with Crippen molar-refractivity contribution in [1.82, 2.24) is 0 Å². The van der Waals surface area contributed by atoms with Gasteiger partial charge in [0.05, 0.1) is 11.6 Å². The molecule has 2 aliphatic carbocycles. The number of rotatable bonds is 0. The highest BCUT2D eigenvalue weighted by Gasteiger charge is 2.16. The van der Waals surface area contributed by atoms with E-state index in [2.05, 4.69) is 66.2 Å². The van der Waals surface area contributed by atoms with Crippen LogP contribution in [0.15, 0.2) is 40.9 Å². The maximum Gasteiger partial charge on any atom is 0.0991 e.